The Kier molecular flexibility index (Phi) is 1.86. The zero-order valence-corrected chi connectivity index (χ0v) is 5.92. The summed E-state index contributed by atoms with van der Waals surface area (Å²) in [6.45, 7) is 4.31. The van der Waals surface area contributed by atoms with Crippen molar-refractivity contribution in [1.82, 2.24) is 0 Å². The van der Waals surface area contributed by atoms with Gasteiger partial charge in [-0.2, -0.15) is 0 Å². The largest absolute Gasteiger partial charge is 0.363 e. The van der Waals surface area contributed by atoms with Gasteiger partial charge in [-0.05, 0) is 5.92 Å². The molecule has 1 saturated heterocycles. The molecule has 0 bridgehead atoms. The lowest BCUT2D eigenvalue weighted by Crippen LogP contribution is -2.05. The van der Waals surface area contributed by atoms with Crippen LogP contribution in [0.15, 0.2) is 0 Å². The van der Waals surface area contributed by atoms with Crippen LogP contribution in [-0.2, 0) is 4.74 Å². The molecule has 1 N–H and O–H groups in total. The summed E-state index contributed by atoms with van der Waals surface area (Å²) in [6.07, 6.45) is 3.03. The van der Waals surface area contributed by atoms with E-state index in [2.05, 4.69) is 13.8 Å². The van der Waals surface area contributed by atoms with Gasteiger partial charge in [-0.3, -0.25) is 0 Å². The SMILES string of the molecule is CC[C@@H](C)C1OC1C=N. The van der Waals surface area contributed by atoms with Crippen LogP contribution in [0, 0.1) is 11.3 Å². The first-order chi connectivity index (χ1) is 4.29. The van der Waals surface area contributed by atoms with Gasteiger partial charge < -0.3 is 10.1 Å². The number of hydrogen-bond donors (Lipinski definition) is 1. The highest BCUT2D eigenvalue weighted by Crippen LogP contribution is 2.29. The van der Waals surface area contributed by atoms with Gasteiger partial charge in [0.05, 0.1) is 6.10 Å². The van der Waals surface area contributed by atoms with Gasteiger partial charge in [0.1, 0.15) is 6.10 Å². The number of epoxide rings is 1. The summed E-state index contributed by atoms with van der Waals surface area (Å²) in [5.41, 5.74) is 0. The number of rotatable bonds is 3. The number of ether oxygens (including phenoxy) is 1. The van der Waals surface area contributed by atoms with Crippen molar-refractivity contribution in [3.05, 3.63) is 0 Å². The molecule has 0 aromatic rings. The predicted octanol–water partition coefficient (Wildman–Crippen LogP) is 1.45. The molecule has 0 aromatic heterocycles. The van der Waals surface area contributed by atoms with E-state index in [1.54, 1.807) is 0 Å². The van der Waals surface area contributed by atoms with Crippen LogP contribution < -0.4 is 0 Å². The molecular weight excluding hydrogens is 114 g/mol. The van der Waals surface area contributed by atoms with E-state index in [0.29, 0.717) is 12.0 Å². The summed E-state index contributed by atoms with van der Waals surface area (Å²) in [7, 11) is 0. The van der Waals surface area contributed by atoms with Crippen molar-refractivity contribution >= 4 is 6.21 Å². The highest BCUT2D eigenvalue weighted by Gasteiger charge is 2.40. The molecule has 0 spiro atoms. The molecule has 0 amide bonds. The van der Waals surface area contributed by atoms with Gasteiger partial charge in [-0.25, -0.2) is 0 Å². The Labute approximate surface area is 55.7 Å². The Morgan fingerprint density at radius 1 is 1.78 bits per heavy atom. The zero-order chi connectivity index (χ0) is 6.85. The highest BCUT2D eigenvalue weighted by molar-refractivity contribution is 5.63. The molecule has 1 rings (SSSR count). The topological polar surface area (TPSA) is 36.4 Å². The maximum Gasteiger partial charge on any atom is 0.119 e. The minimum Gasteiger partial charge on any atom is -0.363 e. The molecule has 0 aromatic carbocycles. The molecule has 0 radical (unpaired) electrons. The third-order valence-corrected chi connectivity index (χ3v) is 1.93. The van der Waals surface area contributed by atoms with E-state index < -0.39 is 0 Å². The molecule has 0 saturated carbocycles. The Morgan fingerprint density at radius 3 is 2.78 bits per heavy atom. The summed E-state index contributed by atoms with van der Waals surface area (Å²) in [6, 6.07) is 0. The standard InChI is InChI=1S/C7H13NO/c1-3-5(2)7-6(4-8)9-7/h4-8H,3H2,1-2H3/t5-,6?,7?/m1/s1. The van der Waals surface area contributed by atoms with E-state index in [-0.39, 0.29) is 6.10 Å². The van der Waals surface area contributed by atoms with Crippen LogP contribution in [-0.4, -0.2) is 18.4 Å². The molecule has 2 unspecified atom stereocenters. The first-order valence-electron chi connectivity index (χ1n) is 3.45. The lowest BCUT2D eigenvalue weighted by Gasteiger charge is -1.99. The van der Waals surface area contributed by atoms with Crippen LogP contribution >= 0.6 is 0 Å². The van der Waals surface area contributed by atoms with E-state index in [4.69, 9.17) is 10.1 Å². The van der Waals surface area contributed by atoms with E-state index in [0.717, 1.165) is 6.42 Å². The Balaban J connectivity index is 2.24. The van der Waals surface area contributed by atoms with Crippen LogP contribution in [0.3, 0.4) is 0 Å². The fraction of sp³-hybridized carbons (Fsp3) is 0.857. The molecule has 2 heteroatoms. The van der Waals surface area contributed by atoms with Gasteiger partial charge >= 0.3 is 0 Å². The molecule has 1 fully saturated rings. The van der Waals surface area contributed by atoms with Crippen LogP contribution in [0.1, 0.15) is 20.3 Å². The van der Waals surface area contributed by atoms with Crippen molar-refractivity contribution in [3.63, 3.8) is 0 Å². The maximum atomic E-state index is 6.87. The summed E-state index contributed by atoms with van der Waals surface area (Å²) in [4.78, 5) is 0. The maximum absolute atomic E-state index is 6.87. The minimum absolute atomic E-state index is 0.139. The van der Waals surface area contributed by atoms with Crippen molar-refractivity contribution in [2.24, 2.45) is 5.92 Å². The summed E-state index contributed by atoms with van der Waals surface area (Å²) >= 11 is 0. The lowest BCUT2D eigenvalue weighted by molar-refractivity contribution is 0.332. The summed E-state index contributed by atoms with van der Waals surface area (Å²) in [5, 5.41) is 6.87. The Morgan fingerprint density at radius 2 is 2.44 bits per heavy atom. The third kappa shape index (κ3) is 1.30. The first kappa shape index (κ1) is 6.75. The number of hydrogen-bond acceptors (Lipinski definition) is 2. The Hall–Kier alpha value is -0.370. The van der Waals surface area contributed by atoms with Gasteiger partial charge in [0, 0.05) is 6.21 Å². The quantitative estimate of drug-likeness (QED) is 0.452. The smallest absolute Gasteiger partial charge is 0.119 e. The monoisotopic (exact) mass is 127 g/mol. The normalized spacial score (nSPS) is 35.8. The van der Waals surface area contributed by atoms with Crippen molar-refractivity contribution in [2.75, 3.05) is 0 Å². The fourth-order valence-corrected chi connectivity index (χ4v) is 0.960. The molecule has 1 aliphatic rings. The summed E-state index contributed by atoms with van der Waals surface area (Å²) < 4.78 is 5.18. The predicted molar refractivity (Wildman–Crippen MR) is 36.9 cm³/mol. The van der Waals surface area contributed by atoms with E-state index in [1.165, 1.54) is 6.21 Å². The molecule has 9 heavy (non-hydrogen) atoms. The van der Waals surface area contributed by atoms with Gasteiger partial charge in [-0.15, -0.1) is 0 Å². The van der Waals surface area contributed by atoms with Gasteiger partial charge in [0.2, 0.25) is 0 Å². The summed E-state index contributed by atoms with van der Waals surface area (Å²) in [5.74, 6) is 0.622. The molecular formula is C7H13NO. The van der Waals surface area contributed by atoms with E-state index in [1.807, 2.05) is 0 Å². The lowest BCUT2D eigenvalue weighted by atomic mass is 10.0. The third-order valence-electron chi connectivity index (χ3n) is 1.93. The second-order valence-electron chi connectivity index (χ2n) is 2.62. The molecule has 52 valence electrons. The Bertz CT molecular complexity index is 113. The van der Waals surface area contributed by atoms with Crippen LogP contribution in [0.5, 0.6) is 0 Å². The average molecular weight is 127 g/mol. The molecule has 0 aliphatic carbocycles. The molecule has 1 aliphatic heterocycles. The first-order valence-corrected chi connectivity index (χ1v) is 3.45. The van der Waals surface area contributed by atoms with E-state index in [9.17, 15) is 0 Å². The molecule has 2 nitrogen and oxygen atoms in total. The molecule has 1 heterocycles. The molecule has 3 atom stereocenters. The average Bonchev–Trinajstić information content (AvgIpc) is 2.64. The van der Waals surface area contributed by atoms with Crippen molar-refractivity contribution < 1.29 is 4.74 Å². The second kappa shape index (κ2) is 2.48. The second-order valence-corrected chi connectivity index (χ2v) is 2.62. The van der Waals surface area contributed by atoms with Gasteiger partial charge in [0.15, 0.2) is 0 Å². The van der Waals surface area contributed by atoms with Crippen molar-refractivity contribution in [1.29, 1.82) is 5.41 Å². The number of nitrogens with one attached hydrogen (secondary N) is 1. The van der Waals surface area contributed by atoms with Crippen LogP contribution in [0.2, 0.25) is 0 Å². The minimum atomic E-state index is 0.139. The highest BCUT2D eigenvalue weighted by atomic mass is 16.6. The van der Waals surface area contributed by atoms with Gasteiger partial charge in [0.25, 0.3) is 0 Å². The fourth-order valence-electron chi connectivity index (χ4n) is 0.960. The van der Waals surface area contributed by atoms with E-state index >= 15 is 0 Å². The van der Waals surface area contributed by atoms with Crippen LogP contribution in [0.4, 0.5) is 0 Å². The van der Waals surface area contributed by atoms with Crippen molar-refractivity contribution in [2.45, 2.75) is 32.5 Å². The van der Waals surface area contributed by atoms with Crippen LogP contribution in [0.25, 0.3) is 0 Å². The van der Waals surface area contributed by atoms with Gasteiger partial charge in [-0.1, -0.05) is 20.3 Å². The van der Waals surface area contributed by atoms with Crippen molar-refractivity contribution in [3.8, 4) is 0 Å². The zero-order valence-electron chi connectivity index (χ0n) is 5.92.